The molecule has 1 heterocycles. The van der Waals surface area contributed by atoms with Crippen molar-refractivity contribution < 1.29 is 9.59 Å². The third kappa shape index (κ3) is 4.08. The average Bonchev–Trinajstić information content (AvgIpc) is 2.76. The van der Waals surface area contributed by atoms with Crippen molar-refractivity contribution in [2.45, 2.75) is 38.8 Å². The first-order valence-corrected chi connectivity index (χ1v) is 6.54. The zero-order valence-corrected chi connectivity index (χ0v) is 11.3. The van der Waals surface area contributed by atoms with E-state index >= 15 is 0 Å². The van der Waals surface area contributed by atoms with Crippen molar-refractivity contribution in [2.24, 2.45) is 11.5 Å². The number of carbonyl (C=O) groups is 2. The molecule has 2 unspecified atom stereocenters. The first-order chi connectivity index (χ1) is 8.43. The van der Waals surface area contributed by atoms with Crippen LogP contribution in [0.25, 0.3) is 0 Å². The molecule has 7 heteroatoms. The largest absolute Gasteiger partial charge is 0.370 e. The fourth-order valence-electron chi connectivity index (χ4n) is 1.38. The second-order valence-electron chi connectivity index (χ2n) is 4.03. The van der Waals surface area contributed by atoms with Gasteiger partial charge in [-0.05, 0) is 13.3 Å². The lowest BCUT2D eigenvalue weighted by atomic mass is 10.2. The Hall–Kier alpha value is -1.47. The molecule has 0 saturated heterocycles. The second-order valence-corrected chi connectivity index (χ2v) is 5.17. The van der Waals surface area contributed by atoms with Crippen molar-refractivity contribution >= 4 is 23.2 Å². The standard InChI is InChI=1S/C11H18N4O2S/c1-3-7-5-14-11(18-7)6(2)15-10(17)8(12)4-9(13)16/h5-6,8H,3-4,12H2,1-2H3,(H2,13,16)(H,15,17). The lowest BCUT2D eigenvalue weighted by Gasteiger charge is -2.14. The molecular weight excluding hydrogens is 252 g/mol. The molecule has 6 nitrogen and oxygen atoms in total. The molecule has 0 aliphatic rings. The summed E-state index contributed by atoms with van der Waals surface area (Å²) in [5.74, 6) is -0.984. The Bertz CT molecular complexity index is 432. The number of aromatic nitrogens is 1. The van der Waals surface area contributed by atoms with Crippen LogP contribution in [0.1, 0.15) is 36.2 Å². The SMILES string of the molecule is CCc1cnc(C(C)NC(=O)C(N)CC(N)=O)s1. The molecule has 2 amide bonds. The van der Waals surface area contributed by atoms with E-state index in [9.17, 15) is 9.59 Å². The minimum absolute atomic E-state index is 0.156. The van der Waals surface area contributed by atoms with Crippen molar-refractivity contribution in [1.29, 1.82) is 0 Å². The Kier molecular flexibility index (Phi) is 5.24. The van der Waals surface area contributed by atoms with Crippen LogP contribution in [0.3, 0.4) is 0 Å². The highest BCUT2D eigenvalue weighted by Gasteiger charge is 2.19. The number of nitrogens with zero attached hydrogens (tertiary/aromatic N) is 1. The van der Waals surface area contributed by atoms with E-state index in [1.165, 1.54) is 0 Å². The van der Waals surface area contributed by atoms with Gasteiger partial charge in [0.25, 0.3) is 0 Å². The number of carbonyl (C=O) groups excluding carboxylic acids is 2. The highest BCUT2D eigenvalue weighted by atomic mass is 32.1. The molecule has 18 heavy (non-hydrogen) atoms. The van der Waals surface area contributed by atoms with Gasteiger partial charge in [0.1, 0.15) is 5.01 Å². The summed E-state index contributed by atoms with van der Waals surface area (Å²) in [6.07, 6.45) is 2.56. The lowest BCUT2D eigenvalue weighted by molar-refractivity contribution is -0.126. The van der Waals surface area contributed by atoms with Crippen LogP contribution < -0.4 is 16.8 Å². The van der Waals surface area contributed by atoms with Crippen molar-refractivity contribution in [3.05, 3.63) is 16.1 Å². The molecule has 0 aromatic carbocycles. The fraction of sp³-hybridized carbons (Fsp3) is 0.545. The molecule has 0 aliphatic heterocycles. The molecule has 0 spiro atoms. The molecule has 1 aromatic heterocycles. The van der Waals surface area contributed by atoms with Gasteiger partial charge < -0.3 is 16.8 Å². The highest BCUT2D eigenvalue weighted by molar-refractivity contribution is 7.11. The summed E-state index contributed by atoms with van der Waals surface area (Å²) in [5.41, 5.74) is 10.5. The molecule has 100 valence electrons. The van der Waals surface area contributed by atoms with Crippen molar-refractivity contribution in [2.75, 3.05) is 0 Å². The number of thiazole rings is 1. The van der Waals surface area contributed by atoms with Crippen LogP contribution in [0.5, 0.6) is 0 Å². The number of hydrogen-bond donors (Lipinski definition) is 3. The predicted molar refractivity (Wildman–Crippen MR) is 69.8 cm³/mol. The molecule has 2 atom stereocenters. The van der Waals surface area contributed by atoms with E-state index in [0.717, 1.165) is 16.3 Å². The summed E-state index contributed by atoms with van der Waals surface area (Å²) >= 11 is 1.55. The summed E-state index contributed by atoms with van der Waals surface area (Å²) in [6.45, 7) is 3.87. The summed E-state index contributed by atoms with van der Waals surface area (Å²) in [4.78, 5) is 27.7. The van der Waals surface area contributed by atoms with E-state index in [1.807, 2.05) is 13.8 Å². The number of rotatable bonds is 6. The first-order valence-electron chi connectivity index (χ1n) is 5.72. The molecule has 5 N–H and O–H groups in total. The molecule has 0 saturated carbocycles. The Morgan fingerprint density at radius 1 is 1.56 bits per heavy atom. The van der Waals surface area contributed by atoms with Crippen LogP contribution in [0.2, 0.25) is 0 Å². The van der Waals surface area contributed by atoms with Crippen LogP contribution in [-0.4, -0.2) is 22.8 Å². The van der Waals surface area contributed by atoms with E-state index in [-0.39, 0.29) is 12.5 Å². The smallest absolute Gasteiger partial charge is 0.238 e. The van der Waals surface area contributed by atoms with Crippen molar-refractivity contribution in [1.82, 2.24) is 10.3 Å². The minimum atomic E-state index is -0.907. The normalized spacial score (nSPS) is 13.9. The average molecular weight is 270 g/mol. The molecular formula is C11H18N4O2S. The van der Waals surface area contributed by atoms with Crippen molar-refractivity contribution in [3.8, 4) is 0 Å². The zero-order chi connectivity index (χ0) is 13.7. The first kappa shape index (κ1) is 14.6. The predicted octanol–water partition coefficient (Wildman–Crippen LogP) is 0.0854. The number of aryl methyl sites for hydroxylation is 1. The van der Waals surface area contributed by atoms with Gasteiger partial charge in [0, 0.05) is 11.1 Å². The highest BCUT2D eigenvalue weighted by Crippen LogP contribution is 2.20. The third-order valence-corrected chi connectivity index (χ3v) is 3.73. The van der Waals surface area contributed by atoms with Gasteiger partial charge in [-0.1, -0.05) is 6.92 Å². The number of nitrogens with one attached hydrogen (secondary N) is 1. The van der Waals surface area contributed by atoms with E-state index in [1.54, 1.807) is 17.5 Å². The Labute approximate surface area is 110 Å². The van der Waals surface area contributed by atoms with Gasteiger partial charge in [-0.15, -0.1) is 11.3 Å². The lowest BCUT2D eigenvalue weighted by Crippen LogP contribution is -2.43. The van der Waals surface area contributed by atoms with Gasteiger partial charge in [0.05, 0.1) is 18.5 Å². The maximum absolute atomic E-state index is 11.7. The summed E-state index contributed by atoms with van der Waals surface area (Å²) in [7, 11) is 0. The van der Waals surface area contributed by atoms with Gasteiger partial charge in [0.15, 0.2) is 0 Å². The topological polar surface area (TPSA) is 111 Å². The quantitative estimate of drug-likeness (QED) is 0.680. The van der Waals surface area contributed by atoms with Crippen LogP contribution in [0.4, 0.5) is 0 Å². The van der Waals surface area contributed by atoms with Gasteiger partial charge >= 0.3 is 0 Å². The Morgan fingerprint density at radius 2 is 2.22 bits per heavy atom. The van der Waals surface area contributed by atoms with Gasteiger partial charge in [-0.25, -0.2) is 4.98 Å². The molecule has 0 fully saturated rings. The van der Waals surface area contributed by atoms with Crippen molar-refractivity contribution in [3.63, 3.8) is 0 Å². The van der Waals surface area contributed by atoms with E-state index in [2.05, 4.69) is 10.3 Å². The number of primary amides is 1. The minimum Gasteiger partial charge on any atom is -0.370 e. The van der Waals surface area contributed by atoms with E-state index < -0.39 is 17.9 Å². The Morgan fingerprint density at radius 3 is 2.72 bits per heavy atom. The third-order valence-electron chi connectivity index (χ3n) is 2.41. The van der Waals surface area contributed by atoms with Crippen LogP contribution in [-0.2, 0) is 16.0 Å². The van der Waals surface area contributed by atoms with E-state index in [4.69, 9.17) is 11.5 Å². The molecule has 0 bridgehead atoms. The Balaban J connectivity index is 2.56. The van der Waals surface area contributed by atoms with E-state index in [0.29, 0.717) is 0 Å². The molecule has 0 radical (unpaired) electrons. The maximum atomic E-state index is 11.7. The number of amides is 2. The van der Waals surface area contributed by atoms with Crippen LogP contribution >= 0.6 is 11.3 Å². The molecule has 0 aliphatic carbocycles. The number of hydrogen-bond acceptors (Lipinski definition) is 5. The molecule has 1 rings (SSSR count). The monoisotopic (exact) mass is 270 g/mol. The van der Waals surface area contributed by atoms with Crippen LogP contribution in [0, 0.1) is 0 Å². The fourth-order valence-corrected chi connectivity index (χ4v) is 2.24. The second kappa shape index (κ2) is 6.46. The molecule has 1 aromatic rings. The van der Waals surface area contributed by atoms with Gasteiger partial charge in [0.2, 0.25) is 11.8 Å². The summed E-state index contributed by atoms with van der Waals surface area (Å²) < 4.78 is 0. The van der Waals surface area contributed by atoms with Crippen LogP contribution in [0.15, 0.2) is 6.20 Å². The summed E-state index contributed by atoms with van der Waals surface area (Å²) in [6, 6.07) is -1.13. The van der Waals surface area contributed by atoms with Gasteiger partial charge in [-0.3, -0.25) is 9.59 Å². The van der Waals surface area contributed by atoms with Gasteiger partial charge in [-0.2, -0.15) is 0 Å². The zero-order valence-electron chi connectivity index (χ0n) is 10.5. The summed E-state index contributed by atoms with van der Waals surface area (Å²) in [5, 5.41) is 3.54. The number of nitrogens with two attached hydrogens (primary N) is 2. The maximum Gasteiger partial charge on any atom is 0.238 e.